The predicted octanol–water partition coefficient (Wildman–Crippen LogP) is 9.17. The Morgan fingerprint density at radius 3 is 2.44 bits per heavy atom. The van der Waals surface area contributed by atoms with Crippen LogP contribution in [0.15, 0.2) is 48.0 Å². The third-order valence-corrected chi connectivity index (χ3v) is 6.70. The molecule has 3 rings (SSSR count). The van der Waals surface area contributed by atoms with E-state index in [0.717, 1.165) is 43.6 Å². The number of hydrogen-bond donors (Lipinski definition) is 0. The van der Waals surface area contributed by atoms with E-state index in [1.807, 2.05) is 12.1 Å². The average molecular weight is 455 g/mol. The van der Waals surface area contributed by atoms with Crippen molar-refractivity contribution in [1.82, 2.24) is 0 Å². The zero-order valence-electron chi connectivity index (χ0n) is 19.0. The van der Waals surface area contributed by atoms with Gasteiger partial charge in [-0.05, 0) is 92.0 Å². The standard InChI is InChI=1S/C29H33ClF2/c1-2-3-4-5-6-9-22-11-13-23(14-12-22)25-17-18-27(29(32)20-25)26-16-15-24(28(31)21-26)10-7-8-19-30/h8,15-23H,2-3,6-7,9-14H2,1H3/b19-8+. The van der Waals surface area contributed by atoms with Gasteiger partial charge in [0.05, 0.1) is 0 Å². The van der Waals surface area contributed by atoms with Gasteiger partial charge in [-0.15, -0.1) is 11.8 Å². The summed E-state index contributed by atoms with van der Waals surface area (Å²) in [5.41, 5.74) is 4.17. The average Bonchev–Trinajstić information content (AvgIpc) is 2.80. The van der Waals surface area contributed by atoms with Crippen molar-refractivity contribution in [3.63, 3.8) is 0 Å². The number of allylic oxidation sites excluding steroid dienone is 1. The summed E-state index contributed by atoms with van der Waals surface area (Å²) in [6, 6.07) is 10.5. The number of halogens is 3. The molecule has 0 atom stereocenters. The van der Waals surface area contributed by atoms with Gasteiger partial charge in [-0.2, -0.15) is 0 Å². The first-order valence-corrected chi connectivity index (χ1v) is 12.3. The molecule has 2 aromatic carbocycles. The van der Waals surface area contributed by atoms with Crippen LogP contribution < -0.4 is 0 Å². The van der Waals surface area contributed by atoms with Crippen LogP contribution in [0, 0.1) is 29.4 Å². The van der Waals surface area contributed by atoms with E-state index in [2.05, 4.69) is 18.8 Å². The maximum absolute atomic E-state index is 15.0. The first kappa shape index (κ1) is 24.5. The van der Waals surface area contributed by atoms with Gasteiger partial charge in [0, 0.05) is 23.9 Å². The first-order valence-electron chi connectivity index (χ1n) is 11.9. The Morgan fingerprint density at radius 1 is 0.969 bits per heavy atom. The van der Waals surface area contributed by atoms with Gasteiger partial charge >= 0.3 is 0 Å². The second-order valence-corrected chi connectivity index (χ2v) is 9.06. The van der Waals surface area contributed by atoms with Crippen molar-refractivity contribution >= 4 is 11.6 Å². The minimum atomic E-state index is -0.299. The Kier molecular flexibility index (Phi) is 9.82. The SMILES string of the molecule is CCCC#CCCC1CCC(c2ccc(-c3ccc(CC/C=C/Cl)c(F)c3)c(F)c2)CC1. The largest absolute Gasteiger partial charge is 0.207 e. The quantitative estimate of drug-likeness (QED) is 0.348. The van der Waals surface area contributed by atoms with Crippen LogP contribution in [-0.4, -0.2) is 0 Å². The van der Waals surface area contributed by atoms with Crippen LogP contribution in [-0.2, 0) is 6.42 Å². The Morgan fingerprint density at radius 2 is 1.75 bits per heavy atom. The van der Waals surface area contributed by atoms with Crippen molar-refractivity contribution in [3.8, 4) is 23.0 Å². The molecule has 1 aliphatic carbocycles. The molecule has 170 valence electrons. The molecule has 1 fully saturated rings. The molecule has 32 heavy (non-hydrogen) atoms. The molecule has 0 bridgehead atoms. The van der Waals surface area contributed by atoms with E-state index in [-0.39, 0.29) is 11.6 Å². The van der Waals surface area contributed by atoms with Crippen LogP contribution >= 0.6 is 11.6 Å². The highest BCUT2D eigenvalue weighted by Gasteiger charge is 2.23. The Hall–Kier alpha value is -2.11. The van der Waals surface area contributed by atoms with Crippen molar-refractivity contribution in [2.24, 2.45) is 5.92 Å². The van der Waals surface area contributed by atoms with Crippen LogP contribution in [0.2, 0.25) is 0 Å². The summed E-state index contributed by atoms with van der Waals surface area (Å²) in [5, 5.41) is 0. The molecule has 0 radical (unpaired) electrons. The third-order valence-electron chi connectivity index (χ3n) is 6.52. The summed E-state index contributed by atoms with van der Waals surface area (Å²) in [6.45, 7) is 2.16. The first-order chi connectivity index (χ1) is 15.6. The molecular formula is C29H33ClF2. The fourth-order valence-corrected chi connectivity index (χ4v) is 4.73. The molecule has 0 amide bonds. The van der Waals surface area contributed by atoms with E-state index in [1.165, 1.54) is 30.9 Å². The van der Waals surface area contributed by atoms with Crippen LogP contribution in [0.25, 0.3) is 11.1 Å². The van der Waals surface area contributed by atoms with Crippen molar-refractivity contribution in [2.75, 3.05) is 0 Å². The highest BCUT2D eigenvalue weighted by molar-refractivity contribution is 6.25. The Labute approximate surface area is 197 Å². The highest BCUT2D eigenvalue weighted by Crippen LogP contribution is 2.38. The molecule has 0 unspecified atom stereocenters. The fourth-order valence-electron chi connectivity index (χ4n) is 4.60. The topological polar surface area (TPSA) is 0 Å². The molecule has 0 nitrogen and oxygen atoms in total. The van der Waals surface area contributed by atoms with E-state index >= 15 is 0 Å². The molecule has 0 spiro atoms. The van der Waals surface area contributed by atoms with Gasteiger partial charge in [0.2, 0.25) is 0 Å². The van der Waals surface area contributed by atoms with Gasteiger partial charge < -0.3 is 0 Å². The van der Waals surface area contributed by atoms with Gasteiger partial charge in [0.25, 0.3) is 0 Å². The summed E-state index contributed by atoms with van der Waals surface area (Å²) in [5.74, 6) is 7.11. The Balaban J connectivity index is 1.59. The minimum Gasteiger partial charge on any atom is -0.207 e. The monoisotopic (exact) mass is 454 g/mol. The molecule has 0 aliphatic heterocycles. The molecule has 1 saturated carbocycles. The molecule has 0 heterocycles. The highest BCUT2D eigenvalue weighted by atomic mass is 35.5. The van der Waals surface area contributed by atoms with E-state index in [4.69, 9.17) is 11.6 Å². The van der Waals surface area contributed by atoms with Crippen LogP contribution in [0.1, 0.15) is 81.8 Å². The number of benzene rings is 2. The number of hydrogen-bond acceptors (Lipinski definition) is 0. The fraction of sp³-hybridized carbons (Fsp3) is 0.448. The zero-order valence-corrected chi connectivity index (χ0v) is 19.7. The summed E-state index contributed by atoms with van der Waals surface area (Å²) < 4.78 is 29.4. The molecular weight excluding hydrogens is 422 g/mol. The van der Waals surface area contributed by atoms with Gasteiger partial charge in [-0.1, -0.05) is 48.9 Å². The van der Waals surface area contributed by atoms with Crippen molar-refractivity contribution in [3.05, 3.63) is 70.8 Å². The summed E-state index contributed by atoms with van der Waals surface area (Å²) in [4.78, 5) is 0. The van der Waals surface area contributed by atoms with Gasteiger partial charge in [-0.25, -0.2) is 8.78 Å². The lowest BCUT2D eigenvalue weighted by molar-refractivity contribution is 0.312. The molecule has 0 aromatic heterocycles. The van der Waals surface area contributed by atoms with Gasteiger partial charge in [0.1, 0.15) is 11.6 Å². The summed E-state index contributed by atoms with van der Waals surface area (Å²) in [7, 11) is 0. The maximum Gasteiger partial charge on any atom is 0.131 e. The molecule has 3 heteroatoms. The van der Waals surface area contributed by atoms with E-state index < -0.39 is 0 Å². The lowest BCUT2D eigenvalue weighted by Crippen LogP contribution is -2.13. The molecule has 0 N–H and O–H groups in total. The van der Waals surface area contributed by atoms with Crippen LogP contribution in [0.5, 0.6) is 0 Å². The van der Waals surface area contributed by atoms with Crippen LogP contribution in [0.3, 0.4) is 0 Å². The molecule has 1 aliphatic rings. The second-order valence-electron chi connectivity index (χ2n) is 8.81. The van der Waals surface area contributed by atoms with Crippen molar-refractivity contribution in [1.29, 1.82) is 0 Å². The van der Waals surface area contributed by atoms with E-state index in [0.29, 0.717) is 35.4 Å². The normalized spacial score (nSPS) is 18.5. The zero-order chi connectivity index (χ0) is 22.8. The minimum absolute atomic E-state index is 0.270. The van der Waals surface area contributed by atoms with Gasteiger partial charge in [0.15, 0.2) is 0 Å². The van der Waals surface area contributed by atoms with Crippen LogP contribution in [0.4, 0.5) is 8.78 Å². The molecule has 0 saturated heterocycles. The predicted molar refractivity (Wildman–Crippen MR) is 132 cm³/mol. The summed E-state index contributed by atoms with van der Waals surface area (Å²) in [6.07, 6.45) is 11.9. The van der Waals surface area contributed by atoms with Crippen molar-refractivity contribution in [2.45, 2.75) is 77.0 Å². The maximum atomic E-state index is 15.0. The second kappa shape index (κ2) is 12.8. The van der Waals surface area contributed by atoms with Crippen molar-refractivity contribution < 1.29 is 8.78 Å². The Bertz CT molecular complexity index is 959. The lowest BCUT2D eigenvalue weighted by atomic mass is 9.77. The number of rotatable bonds is 8. The number of aryl methyl sites for hydroxylation is 1. The smallest absolute Gasteiger partial charge is 0.131 e. The molecule has 2 aromatic rings. The van der Waals surface area contributed by atoms with E-state index in [9.17, 15) is 8.78 Å². The van der Waals surface area contributed by atoms with Gasteiger partial charge in [-0.3, -0.25) is 0 Å². The van der Waals surface area contributed by atoms with E-state index in [1.54, 1.807) is 24.3 Å². The summed E-state index contributed by atoms with van der Waals surface area (Å²) >= 11 is 5.52. The lowest BCUT2D eigenvalue weighted by Gasteiger charge is -2.28. The number of unbranched alkanes of at least 4 members (excludes halogenated alkanes) is 1. The third kappa shape index (κ3) is 6.94.